The van der Waals surface area contributed by atoms with Crippen molar-refractivity contribution in [2.45, 2.75) is 4.90 Å². The summed E-state index contributed by atoms with van der Waals surface area (Å²) in [5.74, 6) is -1.27. The van der Waals surface area contributed by atoms with E-state index in [9.17, 15) is 13.2 Å². The van der Waals surface area contributed by atoms with Crippen molar-refractivity contribution in [3.05, 3.63) is 45.8 Å². The molecule has 9 heteroatoms. The van der Waals surface area contributed by atoms with E-state index in [4.69, 9.17) is 22.0 Å². The van der Waals surface area contributed by atoms with Gasteiger partial charge in [0.15, 0.2) is 0 Å². The zero-order chi connectivity index (χ0) is 15.6. The number of anilines is 1. The van der Waals surface area contributed by atoms with Gasteiger partial charge in [0.05, 0.1) is 16.1 Å². The molecular formula is C12H7ClN2O4S2. The summed E-state index contributed by atoms with van der Waals surface area (Å²) in [4.78, 5) is 10.5. The third-order valence-electron chi connectivity index (χ3n) is 2.48. The highest BCUT2D eigenvalue weighted by atomic mass is 35.5. The number of nitrogens with zero attached hydrogens (tertiary/aromatic N) is 1. The molecule has 0 radical (unpaired) electrons. The topological polar surface area (TPSA) is 107 Å². The van der Waals surface area contributed by atoms with Gasteiger partial charge in [0, 0.05) is 0 Å². The molecule has 2 rings (SSSR count). The monoisotopic (exact) mass is 342 g/mol. The van der Waals surface area contributed by atoms with Crippen molar-refractivity contribution in [1.29, 1.82) is 5.26 Å². The Kier molecular flexibility index (Phi) is 4.18. The number of carbonyl (C=O) groups is 1. The minimum absolute atomic E-state index is 0.109. The van der Waals surface area contributed by atoms with E-state index in [1.165, 1.54) is 18.2 Å². The summed E-state index contributed by atoms with van der Waals surface area (Å²) in [6.07, 6.45) is 0. The van der Waals surface area contributed by atoms with Gasteiger partial charge >= 0.3 is 5.97 Å². The summed E-state index contributed by atoms with van der Waals surface area (Å²) in [5.41, 5.74) is -0.0273. The summed E-state index contributed by atoms with van der Waals surface area (Å²) in [5, 5.41) is 19.4. The van der Waals surface area contributed by atoms with Gasteiger partial charge in [-0.15, -0.1) is 11.3 Å². The van der Waals surface area contributed by atoms with Crippen LogP contribution in [0.5, 0.6) is 0 Å². The molecule has 0 bridgehead atoms. The van der Waals surface area contributed by atoms with E-state index in [2.05, 4.69) is 4.72 Å². The van der Waals surface area contributed by atoms with Crippen molar-refractivity contribution in [3.8, 4) is 6.07 Å². The SMILES string of the molecule is N#Cc1ccsc1NS(=O)(=O)c1cc(C(=O)O)ccc1Cl. The number of aromatic carboxylic acids is 1. The van der Waals surface area contributed by atoms with E-state index in [1.54, 1.807) is 5.38 Å². The van der Waals surface area contributed by atoms with E-state index in [1.807, 2.05) is 6.07 Å². The van der Waals surface area contributed by atoms with Crippen LogP contribution < -0.4 is 4.72 Å². The highest BCUT2D eigenvalue weighted by molar-refractivity contribution is 7.93. The number of hydrogen-bond acceptors (Lipinski definition) is 5. The van der Waals surface area contributed by atoms with Gasteiger partial charge < -0.3 is 5.11 Å². The third kappa shape index (κ3) is 3.16. The Morgan fingerprint density at radius 3 is 2.71 bits per heavy atom. The number of benzene rings is 1. The van der Waals surface area contributed by atoms with Crippen molar-refractivity contribution < 1.29 is 18.3 Å². The first-order chi connectivity index (χ1) is 9.85. The van der Waals surface area contributed by atoms with Gasteiger partial charge in [-0.1, -0.05) is 11.6 Å². The second-order valence-electron chi connectivity index (χ2n) is 3.83. The van der Waals surface area contributed by atoms with Crippen LogP contribution in [0.2, 0.25) is 5.02 Å². The molecule has 0 aliphatic carbocycles. The van der Waals surface area contributed by atoms with Gasteiger partial charge in [-0.25, -0.2) is 13.2 Å². The van der Waals surface area contributed by atoms with Crippen molar-refractivity contribution in [1.82, 2.24) is 0 Å². The van der Waals surface area contributed by atoms with Crippen LogP contribution in [0.15, 0.2) is 34.5 Å². The standard InChI is InChI=1S/C12H7ClN2O4S2/c13-9-2-1-7(12(16)17)5-10(9)21(18,19)15-11-8(6-14)3-4-20-11/h1-5,15H,(H,16,17). The molecule has 108 valence electrons. The second-order valence-corrected chi connectivity index (χ2v) is 6.81. The molecule has 2 aromatic rings. The van der Waals surface area contributed by atoms with Crippen LogP contribution in [-0.4, -0.2) is 19.5 Å². The molecule has 0 amide bonds. The lowest BCUT2D eigenvalue weighted by Gasteiger charge is -2.09. The fourth-order valence-corrected chi connectivity index (χ4v) is 4.09. The molecule has 0 fully saturated rings. The Morgan fingerprint density at radius 2 is 2.10 bits per heavy atom. The number of carboxylic acid groups (broad SMARTS) is 1. The van der Waals surface area contributed by atoms with Gasteiger partial charge in [0.1, 0.15) is 16.0 Å². The molecule has 0 unspecified atom stereocenters. The number of nitriles is 1. The molecule has 1 aromatic carbocycles. The van der Waals surface area contributed by atoms with Gasteiger partial charge in [0.2, 0.25) is 0 Å². The van der Waals surface area contributed by atoms with E-state index in [0.717, 1.165) is 17.4 Å². The van der Waals surface area contributed by atoms with E-state index in [0.29, 0.717) is 0 Å². The molecule has 0 aliphatic heterocycles. The molecule has 0 atom stereocenters. The first kappa shape index (κ1) is 15.3. The molecular weight excluding hydrogens is 336 g/mol. The summed E-state index contributed by atoms with van der Waals surface area (Å²) < 4.78 is 26.8. The fourth-order valence-electron chi connectivity index (χ4n) is 1.50. The highest BCUT2D eigenvalue weighted by Gasteiger charge is 2.21. The molecule has 0 aliphatic rings. The smallest absolute Gasteiger partial charge is 0.335 e. The van der Waals surface area contributed by atoms with Crippen molar-refractivity contribution in [3.63, 3.8) is 0 Å². The molecule has 2 N–H and O–H groups in total. The number of carboxylic acids is 1. The lowest BCUT2D eigenvalue weighted by molar-refractivity contribution is 0.0696. The van der Waals surface area contributed by atoms with Crippen molar-refractivity contribution >= 4 is 43.9 Å². The zero-order valence-corrected chi connectivity index (χ0v) is 12.6. The van der Waals surface area contributed by atoms with Gasteiger partial charge in [-0.2, -0.15) is 5.26 Å². The molecule has 21 heavy (non-hydrogen) atoms. The molecule has 0 saturated heterocycles. The van der Waals surface area contributed by atoms with Crippen molar-refractivity contribution in [2.75, 3.05) is 4.72 Å². The molecule has 6 nitrogen and oxygen atoms in total. The lowest BCUT2D eigenvalue weighted by atomic mass is 10.2. The van der Waals surface area contributed by atoms with Crippen LogP contribution in [0.1, 0.15) is 15.9 Å². The summed E-state index contributed by atoms with van der Waals surface area (Å²) in [6.45, 7) is 0. The van der Waals surface area contributed by atoms with Crippen LogP contribution >= 0.6 is 22.9 Å². The largest absolute Gasteiger partial charge is 0.478 e. The molecule has 0 spiro atoms. The number of sulfonamides is 1. The van der Waals surface area contributed by atoms with Crippen LogP contribution in [0.25, 0.3) is 0 Å². The van der Waals surface area contributed by atoms with E-state index in [-0.39, 0.29) is 26.0 Å². The Labute approximate surface area is 129 Å². The molecule has 1 aromatic heterocycles. The Morgan fingerprint density at radius 1 is 1.38 bits per heavy atom. The minimum Gasteiger partial charge on any atom is -0.478 e. The maximum Gasteiger partial charge on any atom is 0.335 e. The predicted molar refractivity (Wildman–Crippen MR) is 78.3 cm³/mol. The van der Waals surface area contributed by atoms with Gasteiger partial charge in [-0.05, 0) is 29.6 Å². The maximum atomic E-state index is 12.3. The Hall–Kier alpha value is -2.08. The summed E-state index contributed by atoms with van der Waals surface area (Å²) in [7, 11) is -4.09. The van der Waals surface area contributed by atoms with E-state index >= 15 is 0 Å². The maximum absolute atomic E-state index is 12.3. The highest BCUT2D eigenvalue weighted by Crippen LogP contribution is 2.29. The zero-order valence-electron chi connectivity index (χ0n) is 10.2. The minimum atomic E-state index is -4.09. The van der Waals surface area contributed by atoms with Gasteiger partial charge in [-0.3, -0.25) is 4.72 Å². The molecule has 1 heterocycles. The summed E-state index contributed by atoms with van der Waals surface area (Å²) in [6, 6.07) is 6.68. The predicted octanol–water partition coefficient (Wildman–Crippen LogP) is 2.77. The average Bonchev–Trinajstić information content (AvgIpc) is 2.85. The van der Waals surface area contributed by atoms with Crippen LogP contribution in [-0.2, 0) is 10.0 Å². The first-order valence-electron chi connectivity index (χ1n) is 5.38. The van der Waals surface area contributed by atoms with Crippen molar-refractivity contribution in [2.24, 2.45) is 0 Å². The molecule has 0 saturated carbocycles. The number of halogens is 1. The fraction of sp³-hybridized carbons (Fsp3) is 0. The Balaban J connectivity index is 2.47. The van der Waals surface area contributed by atoms with Crippen LogP contribution in [0, 0.1) is 11.3 Å². The normalized spacial score (nSPS) is 10.9. The summed E-state index contributed by atoms with van der Waals surface area (Å²) >= 11 is 6.87. The number of rotatable bonds is 4. The van der Waals surface area contributed by atoms with Gasteiger partial charge in [0.25, 0.3) is 10.0 Å². The number of hydrogen-bond donors (Lipinski definition) is 2. The second kappa shape index (κ2) is 5.73. The number of thiophene rings is 1. The number of nitrogens with one attached hydrogen (secondary N) is 1. The Bertz CT molecular complexity index is 852. The third-order valence-corrected chi connectivity index (χ3v) is 5.27. The van der Waals surface area contributed by atoms with E-state index < -0.39 is 16.0 Å². The first-order valence-corrected chi connectivity index (χ1v) is 8.12. The lowest BCUT2D eigenvalue weighted by Crippen LogP contribution is -2.14. The van der Waals surface area contributed by atoms with Crippen LogP contribution in [0.4, 0.5) is 5.00 Å². The average molecular weight is 343 g/mol. The quantitative estimate of drug-likeness (QED) is 0.888. The van der Waals surface area contributed by atoms with Crippen LogP contribution in [0.3, 0.4) is 0 Å².